The molecule has 8 heteroatoms. The summed E-state index contributed by atoms with van der Waals surface area (Å²) in [5.41, 5.74) is 1.89. The lowest BCUT2D eigenvalue weighted by Gasteiger charge is -2.11. The van der Waals surface area contributed by atoms with Crippen LogP contribution in [0, 0.1) is 5.92 Å². The van der Waals surface area contributed by atoms with Crippen LogP contribution < -0.4 is 5.14 Å². The average Bonchev–Trinajstić information content (AvgIpc) is 3.05. The number of allylic oxidation sites excluding steroid dienone is 4. The molecule has 0 bridgehead atoms. The fourth-order valence-electron chi connectivity index (χ4n) is 2.91. The second-order valence-corrected chi connectivity index (χ2v) is 7.79. The zero-order valence-corrected chi connectivity index (χ0v) is 15.2. The van der Waals surface area contributed by atoms with E-state index >= 15 is 0 Å². The number of hydrogen-bond donors (Lipinski definition) is 1. The monoisotopic (exact) mass is 394 g/mol. The first-order valence-electron chi connectivity index (χ1n) is 8.20. The summed E-state index contributed by atoms with van der Waals surface area (Å²) >= 11 is 0. The molecule has 1 unspecified atom stereocenters. The summed E-state index contributed by atoms with van der Waals surface area (Å²) in [5.74, 6) is 0.122. The summed E-state index contributed by atoms with van der Waals surface area (Å²) in [6.45, 7) is 2.00. The fraction of sp³-hybridized carbons (Fsp3) is 0.211. The number of benzene rings is 1. The van der Waals surface area contributed by atoms with Crippen molar-refractivity contribution in [3.8, 4) is 0 Å². The van der Waals surface area contributed by atoms with E-state index in [-0.39, 0.29) is 10.8 Å². The number of aromatic nitrogens is 1. The standard InChI is InChI=1S/C19H17F3N2O2S/c1-2-12-9-16(13-3-6-15(7-4-13)27(23,25)26)17(10-12)18-8-5-14(11-24-18)19(20,21)22/h3-12H,2H2,1H3,(H2,23,25,26). The third kappa shape index (κ3) is 4.12. The highest BCUT2D eigenvalue weighted by atomic mass is 32.2. The van der Waals surface area contributed by atoms with Crippen LogP contribution in [0.25, 0.3) is 11.1 Å². The average molecular weight is 394 g/mol. The van der Waals surface area contributed by atoms with Gasteiger partial charge in [0.05, 0.1) is 16.2 Å². The van der Waals surface area contributed by atoms with Gasteiger partial charge in [-0.05, 0) is 47.7 Å². The predicted octanol–water partition coefficient (Wildman–Crippen LogP) is 4.25. The van der Waals surface area contributed by atoms with Crippen molar-refractivity contribution < 1.29 is 21.6 Å². The Balaban J connectivity index is 1.98. The quantitative estimate of drug-likeness (QED) is 0.842. The van der Waals surface area contributed by atoms with Crippen molar-refractivity contribution in [1.29, 1.82) is 0 Å². The number of rotatable bonds is 4. The Bertz CT molecular complexity index is 1010. The number of sulfonamides is 1. The van der Waals surface area contributed by atoms with Gasteiger partial charge in [0.2, 0.25) is 10.0 Å². The van der Waals surface area contributed by atoms with Crippen LogP contribution in [0.1, 0.15) is 30.2 Å². The molecule has 0 radical (unpaired) electrons. The van der Waals surface area contributed by atoms with E-state index in [2.05, 4.69) is 4.98 Å². The molecule has 2 N–H and O–H groups in total. The molecule has 2 aromatic rings. The Kier molecular flexibility index (Phi) is 4.96. The summed E-state index contributed by atoms with van der Waals surface area (Å²) in [5, 5.41) is 5.12. The molecule has 0 saturated carbocycles. The van der Waals surface area contributed by atoms with E-state index in [4.69, 9.17) is 5.14 Å². The number of nitrogens with zero attached hydrogens (tertiary/aromatic N) is 1. The first-order chi connectivity index (χ1) is 12.6. The Morgan fingerprint density at radius 3 is 2.15 bits per heavy atom. The van der Waals surface area contributed by atoms with Crippen molar-refractivity contribution in [1.82, 2.24) is 4.98 Å². The fourth-order valence-corrected chi connectivity index (χ4v) is 3.43. The van der Waals surface area contributed by atoms with E-state index in [0.717, 1.165) is 35.4 Å². The molecule has 1 heterocycles. The van der Waals surface area contributed by atoms with Crippen LogP contribution >= 0.6 is 0 Å². The van der Waals surface area contributed by atoms with Crippen LogP contribution in [-0.2, 0) is 16.2 Å². The van der Waals surface area contributed by atoms with Gasteiger partial charge in [-0.15, -0.1) is 0 Å². The molecule has 1 aliphatic carbocycles. The molecule has 1 aliphatic rings. The molecule has 0 amide bonds. The normalized spacial score (nSPS) is 17.6. The summed E-state index contributed by atoms with van der Waals surface area (Å²) in [7, 11) is -3.80. The van der Waals surface area contributed by atoms with Gasteiger partial charge in [0.25, 0.3) is 0 Å². The molecular weight excluding hydrogens is 377 g/mol. The molecule has 1 aromatic heterocycles. The van der Waals surface area contributed by atoms with E-state index in [1.807, 2.05) is 19.1 Å². The first-order valence-corrected chi connectivity index (χ1v) is 9.75. The van der Waals surface area contributed by atoms with Gasteiger partial charge in [0.1, 0.15) is 0 Å². The third-order valence-electron chi connectivity index (χ3n) is 4.38. The molecule has 0 saturated heterocycles. The van der Waals surface area contributed by atoms with E-state index in [1.54, 1.807) is 12.1 Å². The van der Waals surface area contributed by atoms with Gasteiger partial charge in [0, 0.05) is 11.8 Å². The number of halogens is 3. The summed E-state index contributed by atoms with van der Waals surface area (Å²) in [6, 6.07) is 8.41. The van der Waals surface area contributed by atoms with Gasteiger partial charge in [-0.3, -0.25) is 4.98 Å². The zero-order valence-electron chi connectivity index (χ0n) is 14.4. The predicted molar refractivity (Wildman–Crippen MR) is 96.8 cm³/mol. The summed E-state index contributed by atoms with van der Waals surface area (Å²) in [6.07, 6.45) is 1.16. The van der Waals surface area contributed by atoms with Gasteiger partial charge < -0.3 is 0 Å². The Morgan fingerprint density at radius 2 is 1.67 bits per heavy atom. The van der Waals surface area contributed by atoms with Crippen molar-refractivity contribution in [2.24, 2.45) is 11.1 Å². The van der Waals surface area contributed by atoms with Crippen molar-refractivity contribution >= 4 is 21.2 Å². The van der Waals surface area contributed by atoms with Crippen LogP contribution in [0.15, 0.2) is 59.6 Å². The smallest absolute Gasteiger partial charge is 0.256 e. The number of pyridine rings is 1. The zero-order chi connectivity index (χ0) is 19.8. The molecule has 4 nitrogen and oxygen atoms in total. The Hall–Kier alpha value is -2.45. The van der Waals surface area contributed by atoms with Gasteiger partial charge in [-0.25, -0.2) is 13.6 Å². The van der Waals surface area contributed by atoms with Crippen molar-refractivity contribution in [3.05, 3.63) is 71.6 Å². The number of nitrogens with two attached hydrogens (primary N) is 1. The Labute approximate surface area is 155 Å². The Morgan fingerprint density at radius 1 is 1.04 bits per heavy atom. The lowest BCUT2D eigenvalue weighted by molar-refractivity contribution is -0.137. The third-order valence-corrected chi connectivity index (χ3v) is 5.31. The van der Waals surface area contributed by atoms with Crippen LogP contribution in [0.4, 0.5) is 13.2 Å². The maximum Gasteiger partial charge on any atom is 0.417 e. The van der Waals surface area contributed by atoms with Crippen LogP contribution in [0.2, 0.25) is 0 Å². The van der Waals surface area contributed by atoms with E-state index < -0.39 is 21.8 Å². The molecule has 27 heavy (non-hydrogen) atoms. The lowest BCUT2D eigenvalue weighted by Crippen LogP contribution is -2.11. The largest absolute Gasteiger partial charge is 0.417 e. The van der Waals surface area contributed by atoms with Crippen molar-refractivity contribution in [2.75, 3.05) is 0 Å². The van der Waals surface area contributed by atoms with E-state index in [9.17, 15) is 21.6 Å². The molecular formula is C19H17F3N2O2S. The number of hydrogen-bond acceptors (Lipinski definition) is 3. The lowest BCUT2D eigenvalue weighted by atomic mass is 9.98. The van der Waals surface area contributed by atoms with Gasteiger partial charge in [-0.1, -0.05) is 31.2 Å². The molecule has 0 aliphatic heterocycles. The number of primary sulfonamides is 1. The maximum atomic E-state index is 12.8. The first kappa shape index (κ1) is 19.3. The van der Waals surface area contributed by atoms with Gasteiger partial charge in [-0.2, -0.15) is 13.2 Å². The maximum absolute atomic E-state index is 12.8. The van der Waals surface area contributed by atoms with Gasteiger partial charge in [0.15, 0.2) is 0 Å². The minimum Gasteiger partial charge on any atom is -0.256 e. The number of alkyl halides is 3. The molecule has 3 rings (SSSR count). The molecule has 142 valence electrons. The minimum atomic E-state index is -4.44. The molecule has 1 aromatic carbocycles. The highest BCUT2D eigenvalue weighted by Crippen LogP contribution is 2.39. The highest BCUT2D eigenvalue weighted by Gasteiger charge is 2.31. The van der Waals surface area contributed by atoms with Crippen molar-refractivity contribution in [3.63, 3.8) is 0 Å². The summed E-state index contributed by atoms with van der Waals surface area (Å²) < 4.78 is 61.1. The minimum absolute atomic E-state index is 0.00456. The van der Waals surface area contributed by atoms with Gasteiger partial charge >= 0.3 is 6.18 Å². The molecule has 0 spiro atoms. The van der Waals surface area contributed by atoms with E-state index in [0.29, 0.717) is 5.69 Å². The second kappa shape index (κ2) is 6.94. The second-order valence-electron chi connectivity index (χ2n) is 6.23. The van der Waals surface area contributed by atoms with Crippen LogP contribution in [0.5, 0.6) is 0 Å². The summed E-state index contributed by atoms with van der Waals surface area (Å²) in [4.78, 5) is 3.98. The molecule has 1 atom stereocenters. The molecule has 0 fully saturated rings. The SMILES string of the molecule is CCC1C=C(c2ccc(S(N)(=O)=O)cc2)C(c2ccc(C(F)(F)F)cn2)=C1. The van der Waals surface area contributed by atoms with Crippen molar-refractivity contribution in [2.45, 2.75) is 24.4 Å². The van der Waals surface area contributed by atoms with Crippen LogP contribution in [0.3, 0.4) is 0 Å². The van der Waals surface area contributed by atoms with E-state index in [1.165, 1.54) is 18.2 Å². The van der Waals surface area contributed by atoms with Crippen LogP contribution in [-0.4, -0.2) is 13.4 Å². The topological polar surface area (TPSA) is 73.1 Å². The highest BCUT2D eigenvalue weighted by molar-refractivity contribution is 7.89.